The van der Waals surface area contributed by atoms with Gasteiger partial charge in [-0.3, -0.25) is 19.0 Å². The predicted octanol–water partition coefficient (Wildman–Crippen LogP) is 2.57. The van der Waals surface area contributed by atoms with Gasteiger partial charge in [0, 0.05) is 23.8 Å². The van der Waals surface area contributed by atoms with Gasteiger partial charge >= 0.3 is 6.18 Å². The second kappa shape index (κ2) is 11.8. The zero-order valence-electron chi connectivity index (χ0n) is 20.3. The normalized spacial score (nSPS) is 11.0. The minimum Gasteiger partial charge on any atom is -0.355 e. The van der Waals surface area contributed by atoms with E-state index in [0.717, 1.165) is 17.4 Å². The molecule has 0 radical (unpaired) electrons. The Hall–Kier alpha value is -4.10. The summed E-state index contributed by atoms with van der Waals surface area (Å²) in [4.78, 5) is 36.7. The smallest absolute Gasteiger partial charge is 0.355 e. The van der Waals surface area contributed by atoms with E-state index in [1.54, 1.807) is 33.0 Å². The molecule has 8 nitrogen and oxygen atoms in total. The quantitative estimate of drug-likeness (QED) is 0.298. The minimum atomic E-state index is -4.66. The van der Waals surface area contributed by atoms with E-state index in [0.29, 0.717) is 5.69 Å². The number of hydrogen-bond acceptors (Lipinski definition) is 6. The first-order valence-electron chi connectivity index (χ1n) is 10.7. The van der Waals surface area contributed by atoms with Gasteiger partial charge in [-0.2, -0.15) is 18.4 Å². The lowest BCUT2D eigenvalue weighted by Gasteiger charge is -2.18. The van der Waals surface area contributed by atoms with Crippen LogP contribution in [0.5, 0.6) is 0 Å². The zero-order chi connectivity index (χ0) is 28.0. The number of amides is 2. The van der Waals surface area contributed by atoms with E-state index in [-0.39, 0.29) is 27.3 Å². The number of anilines is 2. The molecule has 3 N–H and O–H groups in total. The zero-order valence-corrected chi connectivity index (χ0v) is 21.1. The van der Waals surface area contributed by atoms with Crippen molar-refractivity contribution in [3.8, 4) is 6.07 Å². The SMILES string of the molecule is CCn1c(=C=C(C#N)C(=O)NCC(F)(F)F)sc(=C=CNc2ccc(F)c(NC(=O)C(C)(C)C)c2)c1=O. The molecule has 0 aliphatic rings. The number of aromatic nitrogens is 1. The van der Waals surface area contributed by atoms with Gasteiger partial charge in [0.25, 0.3) is 11.5 Å². The Morgan fingerprint density at radius 1 is 1.22 bits per heavy atom. The Kier molecular flexibility index (Phi) is 9.26. The second-order valence-electron chi connectivity index (χ2n) is 8.53. The molecule has 0 unspecified atom stereocenters. The van der Waals surface area contributed by atoms with Crippen LogP contribution >= 0.6 is 11.3 Å². The Balaban J connectivity index is 2.45. The molecule has 0 spiro atoms. The van der Waals surface area contributed by atoms with Gasteiger partial charge < -0.3 is 16.0 Å². The molecule has 1 heterocycles. The first kappa shape index (κ1) is 29.1. The van der Waals surface area contributed by atoms with Crippen LogP contribution in [0, 0.1) is 22.6 Å². The Bertz CT molecular complexity index is 1500. The molecular weight excluding hydrogens is 514 g/mol. The number of hydrogen-bond donors (Lipinski definition) is 3. The second-order valence-corrected chi connectivity index (χ2v) is 9.53. The molecule has 0 aliphatic carbocycles. The highest BCUT2D eigenvalue weighted by atomic mass is 32.1. The number of carbonyl (C=O) groups excluding carboxylic acids is 2. The molecule has 13 heteroatoms. The Morgan fingerprint density at radius 3 is 2.46 bits per heavy atom. The molecule has 0 bridgehead atoms. The average molecular weight is 538 g/mol. The van der Waals surface area contributed by atoms with E-state index in [9.17, 15) is 37.2 Å². The molecule has 0 atom stereocenters. The number of nitrogens with one attached hydrogen (secondary N) is 3. The number of rotatable bonds is 6. The molecule has 2 aromatic rings. The summed E-state index contributed by atoms with van der Waals surface area (Å²) in [7, 11) is 0. The number of thiazole rings is 1. The van der Waals surface area contributed by atoms with E-state index in [2.05, 4.69) is 22.1 Å². The van der Waals surface area contributed by atoms with Crippen LogP contribution in [0.2, 0.25) is 0 Å². The van der Waals surface area contributed by atoms with Crippen molar-refractivity contribution in [3.63, 3.8) is 0 Å². The number of benzene rings is 1. The molecule has 0 aliphatic heterocycles. The topological polar surface area (TPSA) is 116 Å². The summed E-state index contributed by atoms with van der Waals surface area (Å²) in [6.45, 7) is 5.16. The van der Waals surface area contributed by atoms with E-state index in [4.69, 9.17) is 0 Å². The third-order valence-electron chi connectivity index (χ3n) is 4.56. The van der Waals surface area contributed by atoms with Crippen LogP contribution in [0.4, 0.5) is 28.9 Å². The maximum absolute atomic E-state index is 14.1. The third-order valence-corrected chi connectivity index (χ3v) is 5.57. The van der Waals surface area contributed by atoms with Crippen LogP contribution in [0.25, 0.3) is 11.5 Å². The van der Waals surface area contributed by atoms with E-state index >= 15 is 0 Å². The van der Waals surface area contributed by atoms with Crippen LogP contribution in [0.15, 0.2) is 34.8 Å². The van der Waals surface area contributed by atoms with E-state index in [1.807, 2.05) is 0 Å². The summed E-state index contributed by atoms with van der Waals surface area (Å²) in [5.41, 5.74) is 3.45. The fraction of sp³-hybridized carbons (Fsp3) is 0.333. The van der Waals surface area contributed by atoms with Gasteiger partial charge in [-0.05, 0) is 25.1 Å². The summed E-state index contributed by atoms with van der Waals surface area (Å²) in [6, 6.07) is 5.39. The van der Waals surface area contributed by atoms with Gasteiger partial charge in [0.05, 0.1) is 5.69 Å². The maximum Gasteiger partial charge on any atom is 0.405 e. The van der Waals surface area contributed by atoms with Crippen LogP contribution in [-0.2, 0) is 16.1 Å². The molecule has 2 amide bonds. The number of carbonyl (C=O) groups is 2. The summed E-state index contributed by atoms with van der Waals surface area (Å²) < 4.78 is 52.4. The highest BCUT2D eigenvalue weighted by molar-refractivity contribution is 7.07. The Morgan fingerprint density at radius 2 is 1.89 bits per heavy atom. The summed E-state index contributed by atoms with van der Waals surface area (Å²) in [5, 5.41) is 16.1. The molecular formula is C24H23F4N5O3S. The molecule has 37 heavy (non-hydrogen) atoms. The number of halogens is 4. The van der Waals surface area contributed by atoms with Crippen molar-refractivity contribution in [1.82, 2.24) is 9.88 Å². The summed E-state index contributed by atoms with van der Waals surface area (Å²) in [5.74, 6) is -2.30. The van der Waals surface area contributed by atoms with Gasteiger partial charge in [-0.15, -0.1) is 0 Å². The van der Waals surface area contributed by atoms with Crippen LogP contribution < -0.4 is 30.7 Å². The van der Waals surface area contributed by atoms with Crippen molar-refractivity contribution in [1.29, 1.82) is 5.26 Å². The molecule has 1 aromatic heterocycles. The lowest BCUT2D eigenvalue weighted by atomic mass is 9.95. The van der Waals surface area contributed by atoms with Gasteiger partial charge in [-0.1, -0.05) is 43.6 Å². The van der Waals surface area contributed by atoms with Gasteiger partial charge in [0.2, 0.25) is 5.91 Å². The lowest BCUT2D eigenvalue weighted by Crippen LogP contribution is -2.34. The number of nitrogens with zero attached hydrogens (tertiary/aromatic N) is 2. The fourth-order valence-electron chi connectivity index (χ4n) is 2.60. The molecule has 0 fully saturated rings. The van der Waals surface area contributed by atoms with Gasteiger partial charge in [-0.25, -0.2) is 4.39 Å². The van der Waals surface area contributed by atoms with E-state index < -0.39 is 41.0 Å². The fourth-order valence-corrected chi connectivity index (χ4v) is 3.58. The molecule has 196 valence electrons. The molecule has 2 rings (SSSR count). The van der Waals surface area contributed by atoms with Crippen molar-refractivity contribution < 1.29 is 27.2 Å². The highest BCUT2D eigenvalue weighted by Crippen LogP contribution is 2.23. The third kappa shape index (κ3) is 8.22. The standard InChI is InChI=1S/C24H23F4N5O3S/c1-5-33-19(10-14(12-29)20(34)31-13-24(26,27)28)37-18(21(33)35)8-9-30-15-6-7-16(25)17(11-15)32-22(36)23(2,3)4/h6-7,9,11,30H,5,13H2,1-4H3,(H,31,34)(H,32,36). The monoisotopic (exact) mass is 537 g/mol. The van der Waals surface area contributed by atoms with Crippen molar-refractivity contribution >= 4 is 46.0 Å². The first-order valence-corrected chi connectivity index (χ1v) is 11.6. The van der Waals surface area contributed by atoms with Crippen molar-refractivity contribution in [2.75, 3.05) is 17.2 Å². The van der Waals surface area contributed by atoms with Crippen molar-refractivity contribution in [2.45, 2.75) is 40.4 Å². The number of nitriles is 1. The first-order chi connectivity index (χ1) is 17.2. The summed E-state index contributed by atoms with van der Waals surface area (Å²) in [6.07, 6.45) is -3.39. The molecule has 0 saturated heterocycles. The van der Waals surface area contributed by atoms with Crippen LogP contribution in [-0.4, -0.2) is 29.1 Å². The summed E-state index contributed by atoms with van der Waals surface area (Å²) >= 11 is 0.813. The minimum absolute atomic E-state index is 0.0380. The van der Waals surface area contributed by atoms with Gasteiger partial charge in [0.1, 0.15) is 27.6 Å². The average Bonchev–Trinajstić information content (AvgIpc) is 3.10. The lowest BCUT2D eigenvalue weighted by molar-refractivity contribution is -0.136. The largest absolute Gasteiger partial charge is 0.405 e. The maximum atomic E-state index is 14.1. The molecule has 0 saturated carbocycles. The van der Waals surface area contributed by atoms with Crippen LogP contribution in [0.3, 0.4) is 0 Å². The van der Waals surface area contributed by atoms with Crippen molar-refractivity contribution in [2.24, 2.45) is 5.41 Å². The van der Waals surface area contributed by atoms with E-state index in [1.165, 1.54) is 29.0 Å². The van der Waals surface area contributed by atoms with Crippen LogP contribution in [0.1, 0.15) is 27.7 Å². The van der Waals surface area contributed by atoms with Gasteiger partial charge in [0.15, 0.2) is 5.57 Å². The van der Waals surface area contributed by atoms with Crippen molar-refractivity contribution in [3.05, 3.63) is 55.3 Å². The Labute approximate surface area is 212 Å². The predicted molar refractivity (Wildman–Crippen MR) is 131 cm³/mol. The molecule has 1 aromatic carbocycles. The highest BCUT2D eigenvalue weighted by Gasteiger charge is 2.28. The number of alkyl halides is 3.